The molecule has 0 heterocycles. The highest BCUT2D eigenvalue weighted by Crippen LogP contribution is 2.41. The van der Waals surface area contributed by atoms with Gasteiger partial charge in [-0.15, -0.1) is 0 Å². The van der Waals surface area contributed by atoms with E-state index in [1.165, 1.54) is 64.5 Å². The van der Waals surface area contributed by atoms with Crippen molar-refractivity contribution < 1.29 is 0 Å². The summed E-state index contributed by atoms with van der Waals surface area (Å²) >= 11 is 0. The minimum absolute atomic E-state index is 0.686. The lowest BCUT2D eigenvalue weighted by Gasteiger charge is -2.29. The Morgan fingerprint density at radius 3 is 2.36 bits per heavy atom. The van der Waals surface area contributed by atoms with Gasteiger partial charge in [0.1, 0.15) is 0 Å². The van der Waals surface area contributed by atoms with Gasteiger partial charge in [0.25, 0.3) is 0 Å². The van der Waals surface area contributed by atoms with Crippen LogP contribution in [0, 0.1) is 5.41 Å². The predicted octanol–water partition coefficient (Wildman–Crippen LogP) is 3.74. The Labute approximate surface area is 89.7 Å². The third kappa shape index (κ3) is 3.61. The summed E-state index contributed by atoms with van der Waals surface area (Å²) in [6.07, 6.45) is 11.4. The van der Waals surface area contributed by atoms with E-state index in [1.807, 2.05) is 0 Å². The SMILES string of the molecule is CCCCC1(CNCCC)CCCC1. The van der Waals surface area contributed by atoms with Crippen LogP contribution in [0.3, 0.4) is 0 Å². The summed E-state index contributed by atoms with van der Waals surface area (Å²) in [5, 5.41) is 3.63. The molecule has 0 bridgehead atoms. The summed E-state index contributed by atoms with van der Waals surface area (Å²) in [5.41, 5.74) is 0.686. The molecule has 0 atom stereocenters. The molecular formula is C13H27N. The highest BCUT2D eigenvalue weighted by molar-refractivity contribution is 4.86. The van der Waals surface area contributed by atoms with Crippen LogP contribution in [0.25, 0.3) is 0 Å². The highest BCUT2D eigenvalue weighted by Gasteiger charge is 2.32. The fraction of sp³-hybridized carbons (Fsp3) is 1.00. The molecule has 1 nitrogen and oxygen atoms in total. The summed E-state index contributed by atoms with van der Waals surface area (Å²) in [6.45, 7) is 7.04. The van der Waals surface area contributed by atoms with Gasteiger partial charge in [-0.25, -0.2) is 0 Å². The van der Waals surface area contributed by atoms with Crippen molar-refractivity contribution in [3.63, 3.8) is 0 Å². The van der Waals surface area contributed by atoms with Crippen molar-refractivity contribution in [3.05, 3.63) is 0 Å². The number of hydrogen-bond donors (Lipinski definition) is 1. The van der Waals surface area contributed by atoms with Gasteiger partial charge in [-0.2, -0.15) is 0 Å². The van der Waals surface area contributed by atoms with E-state index in [2.05, 4.69) is 19.2 Å². The van der Waals surface area contributed by atoms with Crippen LogP contribution in [0.5, 0.6) is 0 Å². The van der Waals surface area contributed by atoms with Gasteiger partial charge >= 0.3 is 0 Å². The average Bonchev–Trinajstić information content (AvgIpc) is 2.65. The number of hydrogen-bond acceptors (Lipinski definition) is 1. The molecule has 0 aliphatic heterocycles. The molecule has 14 heavy (non-hydrogen) atoms. The molecule has 0 spiro atoms. The summed E-state index contributed by atoms with van der Waals surface area (Å²) in [5.74, 6) is 0. The van der Waals surface area contributed by atoms with Crippen LogP contribution in [-0.4, -0.2) is 13.1 Å². The van der Waals surface area contributed by atoms with E-state index in [0.717, 1.165) is 0 Å². The molecule has 0 saturated heterocycles. The van der Waals surface area contributed by atoms with Crippen molar-refractivity contribution in [1.82, 2.24) is 5.32 Å². The largest absolute Gasteiger partial charge is 0.316 e. The van der Waals surface area contributed by atoms with Crippen LogP contribution >= 0.6 is 0 Å². The van der Waals surface area contributed by atoms with Gasteiger partial charge in [0, 0.05) is 6.54 Å². The van der Waals surface area contributed by atoms with Crippen LogP contribution in [0.2, 0.25) is 0 Å². The first kappa shape index (κ1) is 12.0. The molecule has 0 radical (unpaired) electrons. The molecule has 0 unspecified atom stereocenters. The lowest BCUT2D eigenvalue weighted by Crippen LogP contribution is -2.32. The number of rotatable bonds is 7. The first-order valence-corrected chi connectivity index (χ1v) is 6.54. The lowest BCUT2D eigenvalue weighted by molar-refractivity contribution is 0.250. The summed E-state index contributed by atoms with van der Waals surface area (Å²) in [6, 6.07) is 0. The quantitative estimate of drug-likeness (QED) is 0.613. The van der Waals surface area contributed by atoms with E-state index in [4.69, 9.17) is 0 Å². The Hall–Kier alpha value is -0.0400. The second-order valence-corrected chi connectivity index (χ2v) is 4.99. The van der Waals surface area contributed by atoms with Crippen LogP contribution in [0.1, 0.15) is 65.2 Å². The number of nitrogens with one attached hydrogen (secondary N) is 1. The molecule has 0 aromatic heterocycles. The van der Waals surface area contributed by atoms with Crippen molar-refractivity contribution in [3.8, 4) is 0 Å². The molecule has 1 fully saturated rings. The molecule has 0 amide bonds. The summed E-state index contributed by atoms with van der Waals surface area (Å²) in [7, 11) is 0. The minimum atomic E-state index is 0.686. The van der Waals surface area contributed by atoms with Gasteiger partial charge in [-0.05, 0) is 37.6 Å². The zero-order valence-corrected chi connectivity index (χ0v) is 10.1. The molecular weight excluding hydrogens is 170 g/mol. The van der Waals surface area contributed by atoms with Gasteiger partial charge in [-0.1, -0.05) is 39.5 Å². The topological polar surface area (TPSA) is 12.0 Å². The maximum Gasteiger partial charge on any atom is 0.000780 e. The molecule has 1 aliphatic rings. The van der Waals surface area contributed by atoms with Crippen molar-refractivity contribution in [2.75, 3.05) is 13.1 Å². The van der Waals surface area contributed by atoms with Crippen molar-refractivity contribution in [2.24, 2.45) is 5.41 Å². The lowest BCUT2D eigenvalue weighted by atomic mass is 9.81. The van der Waals surface area contributed by atoms with E-state index in [0.29, 0.717) is 5.41 Å². The second kappa shape index (κ2) is 6.44. The smallest absolute Gasteiger partial charge is 0.000780 e. The van der Waals surface area contributed by atoms with Crippen LogP contribution in [0.4, 0.5) is 0 Å². The third-order valence-corrected chi connectivity index (χ3v) is 3.65. The molecule has 1 heteroatoms. The zero-order chi connectivity index (χ0) is 10.3. The van der Waals surface area contributed by atoms with Crippen molar-refractivity contribution in [2.45, 2.75) is 65.2 Å². The zero-order valence-electron chi connectivity index (χ0n) is 10.1. The van der Waals surface area contributed by atoms with E-state index < -0.39 is 0 Å². The first-order valence-electron chi connectivity index (χ1n) is 6.54. The minimum Gasteiger partial charge on any atom is -0.316 e. The highest BCUT2D eigenvalue weighted by atomic mass is 14.9. The maximum atomic E-state index is 3.63. The van der Waals surface area contributed by atoms with E-state index in [1.54, 1.807) is 0 Å². The van der Waals surface area contributed by atoms with Crippen molar-refractivity contribution in [1.29, 1.82) is 0 Å². The molecule has 1 saturated carbocycles. The fourth-order valence-electron chi connectivity index (χ4n) is 2.72. The molecule has 0 aromatic carbocycles. The Morgan fingerprint density at radius 2 is 1.79 bits per heavy atom. The van der Waals surface area contributed by atoms with E-state index in [9.17, 15) is 0 Å². The van der Waals surface area contributed by atoms with Crippen LogP contribution in [-0.2, 0) is 0 Å². The van der Waals surface area contributed by atoms with Gasteiger partial charge < -0.3 is 5.32 Å². The Morgan fingerprint density at radius 1 is 1.07 bits per heavy atom. The Balaban J connectivity index is 2.28. The van der Waals surface area contributed by atoms with Gasteiger partial charge in [-0.3, -0.25) is 0 Å². The van der Waals surface area contributed by atoms with Crippen LogP contribution < -0.4 is 5.32 Å². The third-order valence-electron chi connectivity index (χ3n) is 3.65. The van der Waals surface area contributed by atoms with Gasteiger partial charge in [0.2, 0.25) is 0 Å². The normalized spacial score (nSPS) is 20.1. The van der Waals surface area contributed by atoms with Gasteiger partial charge in [0.05, 0.1) is 0 Å². The first-order chi connectivity index (χ1) is 6.83. The molecule has 1 N–H and O–H groups in total. The summed E-state index contributed by atoms with van der Waals surface area (Å²) < 4.78 is 0. The molecule has 0 aromatic rings. The van der Waals surface area contributed by atoms with E-state index in [-0.39, 0.29) is 0 Å². The molecule has 84 valence electrons. The molecule has 1 aliphatic carbocycles. The predicted molar refractivity (Wildman–Crippen MR) is 63.6 cm³/mol. The summed E-state index contributed by atoms with van der Waals surface area (Å²) in [4.78, 5) is 0. The Kier molecular flexibility index (Phi) is 5.54. The van der Waals surface area contributed by atoms with Crippen molar-refractivity contribution >= 4 is 0 Å². The maximum absolute atomic E-state index is 3.63. The number of unbranched alkanes of at least 4 members (excludes halogenated alkanes) is 1. The fourth-order valence-corrected chi connectivity index (χ4v) is 2.72. The van der Waals surface area contributed by atoms with Crippen LogP contribution in [0.15, 0.2) is 0 Å². The standard InChI is InChI=1S/C13H27N/c1-3-5-8-13(9-6-7-10-13)12-14-11-4-2/h14H,3-12H2,1-2H3. The average molecular weight is 197 g/mol. The van der Waals surface area contributed by atoms with Gasteiger partial charge in [0.15, 0.2) is 0 Å². The molecule has 1 rings (SSSR count). The Bertz CT molecular complexity index is 136. The van der Waals surface area contributed by atoms with E-state index >= 15 is 0 Å². The second-order valence-electron chi connectivity index (χ2n) is 4.99. The monoisotopic (exact) mass is 197 g/mol.